The first kappa shape index (κ1) is 14.8. The summed E-state index contributed by atoms with van der Waals surface area (Å²) in [5.41, 5.74) is 6.69. The molecule has 2 rings (SSSR count). The highest BCUT2D eigenvalue weighted by Gasteiger charge is 2.29. The van der Waals surface area contributed by atoms with Crippen LogP contribution >= 0.6 is 0 Å². The normalized spacial score (nSPS) is 21.7. The van der Waals surface area contributed by atoms with Crippen LogP contribution < -0.4 is 15.8 Å². The van der Waals surface area contributed by atoms with E-state index in [4.69, 9.17) is 15.2 Å². The number of nitrogens with one attached hydrogen (secondary N) is 1. The number of rotatable bonds is 6. The maximum Gasteiger partial charge on any atom is 0.249 e. The highest BCUT2D eigenvalue weighted by Crippen LogP contribution is 2.18. The van der Waals surface area contributed by atoms with Crippen LogP contribution in [0.2, 0.25) is 0 Å². The first-order valence-corrected chi connectivity index (χ1v) is 6.99. The Morgan fingerprint density at radius 1 is 1.40 bits per heavy atom. The lowest BCUT2D eigenvalue weighted by atomic mass is 10.1. The summed E-state index contributed by atoms with van der Waals surface area (Å²) in [7, 11) is 1.64. The number of carbonyl (C=O) groups excluding carboxylic acids is 1. The quantitative estimate of drug-likeness (QED) is 0.809. The Labute approximate surface area is 119 Å². The Hall–Kier alpha value is -1.59. The predicted molar refractivity (Wildman–Crippen MR) is 76.7 cm³/mol. The zero-order chi connectivity index (χ0) is 14.4. The summed E-state index contributed by atoms with van der Waals surface area (Å²) in [5, 5.41) is 2.91. The number of hydrogen-bond donors (Lipinski definition) is 2. The van der Waals surface area contributed by atoms with Gasteiger partial charge in [-0.3, -0.25) is 4.79 Å². The number of amides is 1. The fourth-order valence-corrected chi connectivity index (χ4v) is 2.31. The highest BCUT2D eigenvalue weighted by atomic mass is 16.5. The average Bonchev–Trinajstić information content (AvgIpc) is 2.97. The molecule has 3 N–H and O–H groups in total. The zero-order valence-electron chi connectivity index (χ0n) is 11.8. The van der Waals surface area contributed by atoms with E-state index in [0.29, 0.717) is 13.1 Å². The lowest BCUT2D eigenvalue weighted by Gasteiger charge is -2.12. The van der Waals surface area contributed by atoms with Crippen LogP contribution in [0.25, 0.3) is 0 Å². The lowest BCUT2D eigenvalue weighted by molar-refractivity contribution is -0.131. The Balaban J connectivity index is 1.71. The second-order valence-corrected chi connectivity index (χ2v) is 4.95. The van der Waals surface area contributed by atoms with Crippen molar-refractivity contribution in [1.29, 1.82) is 0 Å². The fraction of sp³-hybridized carbons (Fsp3) is 0.533. The summed E-state index contributed by atoms with van der Waals surface area (Å²) in [4.78, 5) is 11.9. The Bertz CT molecular complexity index is 433. The molecule has 5 heteroatoms. The minimum atomic E-state index is -0.334. The molecule has 0 bridgehead atoms. The molecule has 0 aliphatic carbocycles. The van der Waals surface area contributed by atoms with Crippen molar-refractivity contribution >= 4 is 5.91 Å². The molecule has 0 spiro atoms. The molecule has 110 valence electrons. The Morgan fingerprint density at radius 3 is 2.75 bits per heavy atom. The van der Waals surface area contributed by atoms with Gasteiger partial charge >= 0.3 is 0 Å². The number of carbonyl (C=O) groups is 1. The number of ether oxygens (including phenoxy) is 2. The van der Waals surface area contributed by atoms with Crippen molar-refractivity contribution in [1.82, 2.24) is 5.32 Å². The van der Waals surface area contributed by atoms with E-state index in [1.54, 1.807) is 7.11 Å². The fourth-order valence-electron chi connectivity index (χ4n) is 2.31. The van der Waals surface area contributed by atoms with Crippen molar-refractivity contribution in [2.24, 2.45) is 5.73 Å². The third-order valence-corrected chi connectivity index (χ3v) is 3.53. The lowest BCUT2D eigenvalue weighted by Crippen LogP contribution is -2.36. The summed E-state index contributed by atoms with van der Waals surface area (Å²) in [6.45, 7) is 1.09. The van der Waals surface area contributed by atoms with Crippen LogP contribution in [0, 0.1) is 0 Å². The molecule has 1 fully saturated rings. The van der Waals surface area contributed by atoms with E-state index in [2.05, 4.69) is 5.32 Å². The van der Waals surface area contributed by atoms with Gasteiger partial charge in [0, 0.05) is 13.1 Å². The molecule has 0 aromatic heterocycles. The maximum atomic E-state index is 11.9. The van der Waals surface area contributed by atoms with E-state index < -0.39 is 0 Å². The number of hydrogen-bond acceptors (Lipinski definition) is 4. The van der Waals surface area contributed by atoms with Crippen LogP contribution in [-0.4, -0.2) is 38.3 Å². The minimum Gasteiger partial charge on any atom is -0.497 e. The molecule has 0 unspecified atom stereocenters. The van der Waals surface area contributed by atoms with Gasteiger partial charge in [0.05, 0.1) is 13.2 Å². The Morgan fingerprint density at radius 2 is 2.15 bits per heavy atom. The molecule has 0 saturated carbocycles. The van der Waals surface area contributed by atoms with Crippen molar-refractivity contribution in [3.63, 3.8) is 0 Å². The highest BCUT2D eigenvalue weighted by molar-refractivity contribution is 5.81. The van der Waals surface area contributed by atoms with Gasteiger partial charge in [-0.2, -0.15) is 0 Å². The largest absolute Gasteiger partial charge is 0.497 e. The third kappa shape index (κ3) is 3.95. The van der Waals surface area contributed by atoms with Gasteiger partial charge in [-0.25, -0.2) is 0 Å². The van der Waals surface area contributed by atoms with Gasteiger partial charge < -0.3 is 20.5 Å². The molecular formula is C15H22N2O3. The van der Waals surface area contributed by atoms with Gasteiger partial charge in [-0.15, -0.1) is 0 Å². The summed E-state index contributed by atoms with van der Waals surface area (Å²) in [6.07, 6.45) is 2.12. The number of methoxy groups -OCH3 is 1. The summed E-state index contributed by atoms with van der Waals surface area (Å²) in [5.74, 6) is 0.805. The molecule has 20 heavy (non-hydrogen) atoms. The van der Waals surface area contributed by atoms with Crippen molar-refractivity contribution in [3.05, 3.63) is 29.8 Å². The van der Waals surface area contributed by atoms with E-state index in [9.17, 15) is 4.79 Å². The summed E-state index contributed by atoms with van der Waals surface area (Å²) in [6, 6.07) is 7.84. The van der Waals surface area contributed by atoms with E-state index >= 15 is 0 Å². The van der Waals surface area contributed by atoms with Crippen molar-refractivity contribution in [2.45, 2.75) is 31.5 Å². The van der Waals surface area contributed by atoms with Crippen molar-refractivity contribution in [3.8, 4) is 5.75 Å². The van der Waals surface area contributed by atoms with E-state index in [1.807, 2.05) is 24.3 Å². The smallest absolute Gasteiger partial charge is 0.249 e. The molecule has 1 aliphatic heterocycles. The van der Waals surface area contributed by atoms with Crippen molar-refractivity contribution in [2.75, 3.05) is 20.2 Å². The molecule has 1 heterocycles. The average molecular weight is 278 g/mol. The van der Waals surface area contributed by atoms with Gasteiger partial charge in [-0.1, -0.05) is 12.1 Å². The Kier molecular flexibility index (Phi) is 5.38. The first-order chi connectivity index (χ1) is 9.72. The number of nitrogens with two attached hydrogens (primary N) is 1. The van der Waals surface area contributed by atoms with Gasteiger partial charge in [0.2, 0.25) is 5.91 Å². The molecule has 1 amide bonds. The summed E-state index contributed by atoms with van der Waals surface area (Å²) >= 11 is 0. The predicted octanol–water partition coefficient (Wildman–Crippen LogP) is 0.860. The van der Waals surface area contributed by atoms with Crippen molar-refractivity contribution < 1.29 is 14.3 Å². The monoisotopic (exact) mass is 278 g/mol. The maximum absolute atomic E-state index is 11.9. The van der Waals surface area contributed by atoms with Crippen LogP contribution in [0.3, 0.4) is 0 Å². The van der Waals surface area contributed by atoms with E-state index in [1.165, 1.54) is 5.56 Å². The standard InChI is InChI=1S/C15H22N2O3/c1-19-12-4-2-11(3-5-12)8-9-17-15(18)14-7-6-13(10-16)20-14/h2-5,13-14H,6-10,16H2,1H3,(H,17,18)/t13-,14+/m1/s1. The first-order valence-electron chi connectivity index (χ1n) is 6.99. The zero-order valence-corrected chi connectivity index (χ0v) is 11.8. The van der Waals surface area contributed by atoms with Gasteiger partial charge in [-0.05, 0) is 37.0 Å². The second kappa shape index (κ2) is 7.26. The van der Waals surface area contributed by atoms with Gasteiger partial charge in [0.15, 0.2) is 0 Å². The van der Waals surface area contributed by atoms with E-state index in [0.717, 1.165) is 25.0 Å². The van der Waals surface area contributed by atoms with Crippen LogP contribution in [0.4, 0.5) is 0 Å². The van der Waals surface area contributed by atoms with E-state index in [-0.39, 0.29) is 18.1 Å². The molecule has 1 aromatic carbocycles. The molecule has 5 nitrogen and oxygen atoms in total. The topological polar surface area (TPSA) is 73.6 Å². The molecule has 1 aromatic rings. The summed E-state index contributed by atoms with van der Waals surface area (Å²) < 4.78 is 10.7. The van der Waals surface area contributed by atoms with Gasteiger partial charge in [0.1, 0.15) is 11.9 Å². The second-order valence-electron chi connectivity index (χ2n) is 4.95. The van der Waals surface area contributed by atoms with Crippen LogP contribution in [0.15, 0.2) is 24.3 Å². The molecule has 1 saturated heterocycles. The van der Waals surface area contributed by atoms with Crippen LogP contribution in [-0.2, 0) is 16.0 Å². The SMILES string of the molecule is COc1ccc(CCNC(=O)[C@@H]2CC[C@H](CN)O2)cc1. The molecule has 1 aliphatic rings. The third-order valence-electron chi connectivity index (χ3n) is 3.53. The molecule has 0 radical (unpaired) electrons. The van der Waals surface area contributed by atoms with Crippen LogP contribution in [0.5, 0.6) is 5.75 Å². The molecule has 2 atom stereocenters. The minimum absolute atomic E-state index is 0.0329. The van der Waals surface area contributed by atoms with Crippen LogP contribution in [0.1, 0.15) is 18.4 Å². The van der Waals surface area contributed by atoms with Gasteiger partial charge in [0.25, 0.3) is 0 Å². The molecular weight excluding hydrogens is 256 g/mol. The number of benzene rings is 1.